The van der Waals surface area contributed by atoms with E-state index in [-0.39, 0.29) is 12.5 Å². The van der Waals surface area contributed by atoms with Gasteiger partial charge in [0.15, 0.2) is 0 Å². The van der Waals surface area contributed by atoms with Gasteiger partial charge in [-0.2, -0.15) is 0 Å². The van der Waals surface area contributed by atoms with Crippen molar-refractivity contribution in [3.05, 3.63) is 39.9 Å². The number of hydrogen-bond donors (Lipinski definition) is 2. The molecule has 6 heteroatoms. The molecule has 2 N–H and O–H groups in total. The molecule has 0 heterocycles. The van der Waals surface area contributed by atoms with Crippen LogP contribution in [-0.2, 0) is 4.79 Å². The molecule has 0 aromatic heterocycles. The van der Waals surface area contributed by atoms with Gasteiger partial charge in [-0.3, -0.25) is 4.79 Å². The van der Waals surface area contributed by atoms with Crippen LogP contribution < -0.4 is 5.32 Å². The summed E-state index contributed by atoms with van der Waals surface area (Å²) in [5, 5.41) is 13.6. The third kappa shape index (κ3) is 6.48. The summed E-state index contributed by atoms with van der Waals surface area (Å²) in [7, 11) is 3.72. The second kappa shape index (κ2) is 7.80. The van der Waals surface area contributed by atoms with Crippen molar-refractivity contribution in [3.8, 4) is 0 Å². The molecule has 0 aliphatic carbocycles. The van der Waals surface area contributed by atoms with Gasteiger partial charge in [0.2, 0.25) is 5.91 Å². The molecule has 0 fully saturated rings. The predicted molar refractivity (Wildman–Crippen MR) is 87.7 cm³/mol. The van der Waals surface area contributed by atoms with E-state index in [9.17, 15) is 9.90 Å². The van der Waals surface area contributed by atoms with Gasteiger partial charge in [0.25, 0.3) is 0 Å². The van der Waals surface area contributed by atoms with Gasteiger partial charge < -0.3 is 15.3 Å². The van der Waals surface area contributed by atoms with Crippen LogP contribution in [0.3, 0.4) is 0 Å². The maximum atomic E-state index is 11.7. The number of likely N-dealkylation sites (N-methyl/N-ethyl adjacent to an activating group) is 1. The monoisotopic (exact) mass is 330 g/mol. The molecule has 116 valence electrons. The lowest BCUT2D eigenvalue weighted by Crippen LogP contribution is -2.46. The van der Waals surface area contributed by atoms with Crippen LogP contribution in [0, 0.1) is 0 Å². The van der Waals surface area contributed by atoms with Gasteiger partial charge in [0, 0.05) is 19.2 Å². The summed E-state index contributed by atoms with van der Waals surface area (Å²) >= 11 is 11.9. The second-order valence-electron chi connectivity index (χ2n) is 5.43. The van der Waals surface area contributed by atoms with E-state index in [1.807, 2.05) is 19.0 Å². The maximum Gasteiger partial charge on any atom is 0.244 e. The third-order valence-electron chi connectivity index (χ3n) is 2.70. The number of amides is 1. The highest BCUT2D eigenvalue weighted by Crippen LogP contribution is 2.26. The van der Waals surface area contributed by atoms with Crippen molar-refractivity contribution in [2.45, 2.75) is 12.5 Å². The Morgan fingerprint density at radius 2 is 2.10 bits per heavy atom. The van der Waals surface area contributed by atoms with Crippen LogP contribution >= 0.6 is 23.2 Å². The molecule has 0 aliphatic heterocycles. The average Bonchev–Trinajstić information content (AvgIpc) is 2.37. The molecule has 0 saturated heterocycles. The smallest absolute Gasteiger partial charge is 0.244 e. The van der Waals surface area contributed by atoms with E-state index in [2.05, 4.69) is 5.32 Å². The number of nitrogens with one attached hydrogen (secondary N) is 1. The average molecular weight is 331 g/mol. The number of nitrogens with zero attached hydrogens (tertiary/aromatic N) is 1. The largest absolute Gasteiger partial charge is 0.387 e. The lowest BCUT2D eigenvalue weighted by atomic mass is 10.1. The minimum absolute atomic E-state index is 0.164. The molecule has 21 heavy (non-hydrogen) atoms. The van der Waals surface area contributed by atoms with Gasteiger partial charge in [-0.15, -0.1) is 0 Å². The van der Waals surface area contributed by atoms with Gasteiger partial charge in [0.1, 0.15) is 0 Å². The minimum atomic E-state index is -0.985. The number of carbonyl (C=O) groups is 1. The molecule has 0 saturated carbocycles. The quantitative estimate of drug-likeness (QED) is 0.787. The molecular weight excluding hydrogens is 311 g/mol. The Morgan fingerprint density at radius 3 is 2.71 bits per heavy atom. The first-order chi connectivity index (χ1) is 9.71. The van der Waals surface area contributed by atoms with Crippen LogP contribution in [0.5, 0.6) is 0 Å². The van der Waals surface area contributed by atoms with Crippen molar-refractivity contribution in [2.75, 3.05) is 27.2 Å². The van der Waals surface area contributed by atoms with E-state index in [1.165, 1.54) is 6.08 Å². The SMILES string of the molecule is CN(C)CC(C)(O)CNC(=O)/C=C/c1cccc(Cl)c1Cl. The van der Waals surface area contributed by atoms with Gasteiger partial charge >= 0.3 is 0 Å². The molecule has 1 unspecified atom stereocenters. The van der Waals surface area contributed by atoms with Crippen molar-refractivity contribution in [1.29, 1.82) is 0 Å². The number of hydrogen-bond acceptors (Lipinski definition) is 3. The Kier molecular flexibility index (Phi) is 6.68. The van der Waals surface area contributed by atoms with E-state index in [1.54, 1.807) is 31.2 Å². The van der Waals surface area contributed by atoms with E-state index >= 15 is 0 Å². The summed E-state index contributed by atoms with van der Waals surface area (Å²) in [6.45, 7) is 2.29. The molecule has 1 rings (SSSR count). The normalized spacial score (nSPS) is 14.4. The fourth-order valence-corrected chi connectivity index (χ4v) is 2.26. The van der Waals surface area contributed by atoms with Crippen LogP contribution in [0.15, 0.2) is 24.3 Å². The molecule has 1 amide bonds. The summed E-state index contributed by atoms with van der Waals surface area (Å²) in [4.78, 5) is 13.6. The van der Waals surface area contributed by atoms with Crippen LogP contribution in [0.25, 0.3) is 6.08 Å². The van der Waals surface area contributed by atoms with Crippen LogP contribution in [-0.4, -0.2) is 48.7 Å². The molecule has 4 nitrogen and oxygen atoms in total. The zero-order chi connectivity index (χ0) is 16.0. The Labute approximate surface area is 135 Å². The Balaban J connectivity index is 2.58. The first-order valence-electron chi connectivity index (χ1n) is 6.48. The second-order valence-corrected chi connectivity index (χ2v) is 6.21. The number of rotatable bonds is 6. The lowest BCUT2D eigenvalue weighted by Gasteiger charge is -2.26. The fourth-order valence-electron chi connectivity index (χ4n) is 1.89. The van der Waals surface area contributed by atoms with Crippen molar-refractivity contribution in [2.24, 2.45) is 0 Å². The van der Waals surface area contributed by atoms with Crippen molar-refractivity contribution in [3.63, 3.8) is 0 Å². The molecule has 0 aliphatic rings. The van der Waals surface area contributed by atoms with Gasteiger partial charge in [0.05, 0.1) is 15.6 Å². The first kappa shape index (κ1) is 18.0. The Hall–Kier alpha value is -1.07. The lowest BCUT2D eigenvalue weighted by molar-refractivity contribution is -0.117. The van der Waals surface area contributed by atoms with E-state index < -0.39 is 5.60 Å². The van der Waals surface area contributed by atoms with Crippen molar-refractivity contribution in [1.82, 2.24) is 10.2 Å². The van der Waals surface area contributed by atoms with E-state index in [0.29, 0.717) is 22.2 Å². The predicted octanol–water partition coefficient (Wildman–Crippen LogP) is 2.44. The van der Waals surface area contributed by atoms with Gasteiger partial charge in [-0.05, 0) is 38.7 Å². The van der Waals surface area contributed by atoms with Crippen LogP contribution in [0.2, 0.25) is 10.0 Å². The zero-order valence-corrected chi connectivity index (χ0v) is 13.9. The molecule has 1 aromatic rings. The zero-order valence-electron chi connectivity index (χ0n) is 12.4. The summed E-state index contributed by atoms with van der Waals surface area (Å²) in [6.07, 6.45) is 2.95. The number of aliphatic hydroxyl groups is 1. The van der Waals surface area contributed by atoms with Crippen molar-refractivity contribution >= 4 is 35.2 Å². The number of carbonyl (C=O) groups excluding carboxylic acids is 1. The number of benzene rings is 1. The molecule has 0 spiro atoms. The Bertz CT molecular complexity index is 528. The van der Waals surface area contributed by atoms with Crippen molar-refractivity contribution < 1.29 is 9.90 Å². The summed E-state index contributed by atoms with van der Waals surface area (Å²) in [6, 6.07) is 5.20. The highest BCUT2D eigenvalue weighted by Gasteiger charge is 2.21. The summed E-state index contributed by atoms with van der Waals surface area (Å²) in [5.41, 5.74) is -0.319. The fraction of sp³-hybridized carbons (Fsp3) is 0.400. The highest BCUT2D eigenvalue weighted by molar-refractivity contribution is 6.42. The standard InChI is InChI=1S/C15H20Cl2N2O2/c1-15(21,10-19(2)3)9-18-13(20)8-7-11-5-4-6-12(16)14(11)17/h4-8,21H,9-10H2,1-3H3,(H,18,20)/b8-7+. The summed E-state index contributed by atoms with van der Waals surface area (Å²) < 4.78 is 0. The van der Waals surface area contributed by atoms with E-state index in [0.717, 1.165) is 0 Å². The van der Waals surface area contributed by atoms with Gasteiger partial charge in [-0.25, -0.2) is 0 Å². The number of halogens is 2. The topological polar surface area (TPSA) is 52.6 Å². The Morgan fingerprint density at radius 1 is 1.43 bits per heavy atom. The highest BCUT2D eigenvalue weighted by atomic mass is 35.5. The van der Waals surface area contributed by atoms with Crippen LogP contribution in [0.1, 0.15) is 12.5 Å². The molecular formula is C15H20Cl2N2O2. The first-order valence-corrected chi connectivity index (χ1v) is 7.24. The molecule has 0 bridgehead atoms. The maximum absolute atomic E-state index is 11.7. The summed E-state index contributed by atoms with van der Waals surface area (Å²) in [5.74, 6) is -0.301. The third-order valence-corrected chi connectivity index (χ3v) is 3.53. The van der Waals surface area contributed by atoms with E-state index in [4.69, 9.17) is 23.2 Å². The van der Waals surface area contributed by atoms with Crippen LogP contribution in [0.4, 0.5) is 0 Å². The molecule has 1 aromatic carbocycles. The molecule has 0 radical (unpaired) electrons. The van der Waals surface area contributed by atoms with Gasteiger partial charge in [-0.1, -0.05) is 35.3 Å². The minimum Gasteiger partial charge on any atom is -0.387 e. The molecule has 1 atom stereocenters.